The molecular formula is C21H23FN6O3. The normalized spacial score (nSPS) is 18.4. The smallest absolute Gasteiger partial charge is 0.291 e. The Morgan fingerprint density at radius 3 is 2.87 bits per heavy atom. The maximum absolute atomic E-state index is 13.8. The van der Waals surface area contributed by atoms with Gasteiger partial charge >= 0.3 is 0 Å². The van der Waals surface area contributed by atoms with E-state index in [1.807, 2.05) is 0 Å². The second kappa shape index (κ2) is 8.31. The van der Waals surface area contributed by atoms with Crippen LogP contribution < -0.4 is 15.8 Å². The number of halogens is 1. The first-order valence-corrected chi connectivity index (χ1v) is 9.87. The summed E-state index contributed by atoms with van der Waals surface area (Å²) >= 11 is 0. The van der Waals surface area contributed by atoms with Crippen LogP contribution in [0.25, 0.3) is 0 Å². The van der Waals surface area contributed by atoms with Gasteiger partial charge in [0.1, 0.15) is 18.4 Å². The highest BCUT2D eigenvalue weighted by Gasteiger charge is 2.31. The number of hydrogen-bond acceptors (Lipinski definition) is 6. The highest BCUT2D eigenvalue weighted by molar-refractivity contribution is 5.90. The number of rotatable bonds is 4. The van der Waals surface area contributed by atoms with Crippen molar-refractivity contribution in [3.05, 3.63) is 76.0 Å². The fourth-order valence-electron chi connectivity index (χ4n) is 3.70. The second-order valence-electron chi connectivity index (χ2n) is 7.63. The monoisotopic (exact) mass is 426 g/mol. The predicted octanol–water partition coefficient (Wildman–Crippen LogP) is 0.664. The second-order valence-corrected chi connectivity index (χ2v) is 7.63. The Kier molecular flexibility index (Phi) is 5.55. The van der Waals surface area contributed by atoms with Crippen LogP contribution in [0.5, 0.6) is 0 Å². The summed E-state index contributed by atoms with van der Waals surface area (Å²) in [6.45, 7) is 0.144. The molecule has 10 heteroatoms. The Hall–Kier alpha value is -3.53. The maximum Gasteiger partial charge on any atom is 0.291 e. The molecule has 4 rings (SSSR count). The summed E-state index contributed by atoms with van der Waals surface area (Å²) in [6.07, 6.45) is 3.00. The number of fused-ring (bicyclic) bond motifs is 1. The lowest BCUT2D eigenvalue weighted by Crippen LogP contribution is -2.50. The molecule has 0 spiro atoms. The SMILES string of the molecule is CN1c2cn(C)c(=O)cc2CC[C@H](NC(=O)c2ncn(Cc3ccccc3F)n2)C1O. The van der Waals surface area contributed by atoms with Gasteiger partial charge < -0.3 is 19.9 Å². The summed E-state index contributed by atoms with van der Waals surface area (Å²) in [5.74, 6) is -0.963. The van der Waals surface area contributed by atoms with Crippen molar-refractivity contribution in [1.29, 1.82) is 0 Å². The minimum atomic E-state index is -0.997. The van der Waals surface area contributed by atoms with E-state index >= 15 is 0 Å². The van der Waals surface area contributed by atoms with Gasteiger partial charge in [0.15, 0.2) is 0 Å². The molecule has 0 radical (unpaired) electrons. The minimum absolute atomic E-state index is 0.0683. The van der Waals surface area contributed by atoms with Gasteiger partial charge in [-0.2, -0.15) is 0 Å². The van der Waals surface area contributed by atoms with Crippen molar-refractivity contribution in [2.75, 3.05) is 11.9 Å². The van der Waals surface area contributed by atoms with Gasteiger partial charge in [0.05, 0.1) is 18.3 Å². The van der Waals surface area contributed by atoms with Gasteiger partial charge in [0.2, 0.25) is 5.82 Å². The van der Waals surface area contributed by atoms with E-state index in [-0.39, 0.29) is 23.7 Å². The van der Waals surface area contributed by atoms with E-state index in [1.54, 1.807) is 49.5 Å². The number of aromatic nitrogens is 4. The average molecular weight is 426 g/mol. The van der Waals surface area contributed by atoms with Crippen LogP contribution in [0.4, 0.5) is 10.1 Å². The van der Waals surface area contributed by atoms with Crippen molar-refractivity contribution in [2.24, 2.45) is 7.05 Å². The van der Waals surface area contributed by atoms with Crippen molar-refractivity contribution >= 4 is 11.6 Å². The fraction of sp³-hybridized carbons (Fsp3) is 0.333. The standard InChI is InChI=1S/C21H23FN6O3/c1-26-11-17-13(9-18(26)29)7-8-16(21(31)27(17)2)24-20(30)19-23-12-28(25-19)10-14-5-3-4-6-15(14)22/h3-6,9,11-12,16,21,31H,7-8,10H2,1-2H3,(H,24,30)/t16-,21?/m0/s1. The number of carbonyl (C=O) groups is 1. The van der Waals surface area contributed by atoms with E-state index in [1.165, 1.54) is 21.6 Å². The molecule has 162 valence electrons. The van der Waals surface area contributed by atoms with Gasteiger partial charge in [-0.1, -0.05) is 18.2 Å². The molecule has 9 nitrogen and oxygen atoms in total. The van der Waals surface area contributed by atoms with Crippen molar-refractivity contribution in [2.45, 2.75) is 31.7 Å². The molecule has 3 aromatic rings. The molecule has 1 unspecified atom stereocenters. The van der Waals surface area contributed by atoms with Crippen LogP contribution in [0, 0.1) is 5.82 Å². The molecule has 0 saturated heterocycles. The van der Waals surface area contributed by atoms with Gasteiger partial charge in [-0.15, -0.1) is 5.10 Å². The third-order valence-corrected chi connectivity index (χ3v) is 5.50. The summed E-state index contributed by atoms with van der Waals surface area (Å²) in [7, 11) is 3.36. The first-order valence-electron chi connectivity index (χ1n) is 9.87. The molecule has 1 amide bonds. The van der Waals surface area contributed by atoms with Crippen molar-refractivity contribution < 1.29 is 14.3 Å². The lowest BCUT2D eigenvalue weighted by Gasteiger charge is -2.30. The Bertz CT molecular complexity index is 1170. The van der Waals surface area contributed by atoms with Gasteiger partial charge in [0, 0.05) is 31.9 Å². The molecule has 0 bridgehead atoms. The number of nitrogens with one attached hydrogen (secondary N) is 1. The number of carbonyl (C=O) groups excluding carboxylic acids is 1. The lowest BCUT2D eigenvalue weighted by molar-refractivity contribution is 0.0819. The van der Waals surface area contributed by atoms with Gasteiger partial charge in [-0.3, -0.25) is 9.59 Å². The fourth-order valence-corrected chi connectivity index (χ4v) is 3.70. The number of aliphatic hydroxyl groups is 1. The van der Waals surface area contributed by atoms with E-state index in [0.717, 1.165) is 11.3 Å². The van der Waals surface area contributed by atoms with E-state index in [9.17, 15) is 19.1 Å². The first-order chi connectivity index (χ1) is 14.8. The van der Waals surface area contributed by atoms with Crippen LogP contribution in [0.2, 0.25) is 0 Å². The quantitative estimate of drug-likeness (QED) is 0.635. The number of aryl methyl sites for hydroxylation is 2. The number of anilines is 1. The first kappa shape index (κ1) is 20.7. The molecule has 1 aromatic carbocycles. The zero-order valence-electron chi connectivity index (χ0n) is 17.2. The summed E-state index contributed by atoms with van der Waals surface area (Å²) in [5.41, 5.74) is 1.85. The Balaban J connectivity index is 1.47. The number of likely N-dealkylation sites (N-methyl/N-ethyl adjacent to an activating group) is 1. The topological polar surface area (TPSA) is 105 Å². The zero-order chi connectivity index (χ0) is 22.1. The highest BCUT2D eigenvalue weighted by Crippen LogP contribution is 2.26. The number of hydrogen-bond donors (Lipinski definition) is 2. The molecule has 31 heavy (non-hydrogen) atoms. The molecule has 2 N–H and O–H groups in total. The number of nitrogens with zero attached hydrogens (tertiary/aromatic N) is 5. The van der Waals surface area contributed by atoms with Crippen molar-refractivity contribution in [1.82, 2.24) is 24.6 Å². The van der Waals surface area contributed by atoms with Crippen LogP contribution in [-0.2, 0) is 20.0 Å². The largest absolute Gasteiger partial charge is 0.371 e. The Morgan fingerprint density at radius 1 is 1.32 bits per heavy atom. The summed E-state index contributed by atoms with van der Waals surface area (Å²) < 4.78 is 16.7. The van der Waals surface area contributed by atoms with Gasteiger partial charge in [0.25, 0.3) is 11.5 Å². The van der Waals surface area contributed by atoms with Crippen molar-refractivity contribution in [3.63, 3.8) is 0 Å². The molecule has 1 aliphatic rings. The summed E-state index contributed by atoms with van der Waals surface area (Å²) in [4.78, 5) is 30.3. The third-order valence-electron chi connectivity index (χ3n) is 5.50. The van der Waals surface area contributed by atoms with Gasteiger partial charge in [-0.05, 0) is 24.5 Å². The number of benzene rings is 1. The molecule has 0 saturated carbocycles. The molecule has 2 atom stereocenters. The van der Waals surface area contributed by atoms with Crippen LogP contribution in [0.15, 0.2) is 47.7 Å². The Labute approximate surface area is 177 Å². The molecule has 3 heterocycles. The molecule has 0 fully saturated rings. The van der Waals surface area contributed by atoms with Crippen LogP contribution in [-0.4, -0.2) is 49.7 Å². The Morgan fingerprint density at radius 2 is 2.10 bits per heavy atom. The zero-order valence-corrected chi connectivity index (χ0v) is 17.2. The highest BCUT2D eigenvalue weighted by atomic mass is 19.1. The number of aliphatic hydroxyl groups excluding tert-OH is 1. The molecular weight excluding hydrogens is 403 g/mol. The van der Waals surface area contributed by atoms with E-state index in [4.69, 9.17) is 0 Å². The summed E-state index contributed by atoms with van der Waals surface area (Å²) in [6, 6.07) is 7.28. The maximum atomic E-state index is 13.8. The third kappa shape index (κ3) is 4.19. The van der Waals surface area contributed by atoms with Crippen LogP contribution in [0.3, 0.4) is 0 Å². The van der Waals surface area contributed by atoms with Crippen LogP contribution >= 0.6 is 0 Å². The minimum Gasteiger partial charge on any atom is -0.371 e. The lowest BCUT2D eigenvalue weighted by atomic mass is 10.1. The number of pyridine rings is 1. The van der Waals surface area contributed by atoms with Crippen LogP contribution in [0.1, 0.15) is 28.2 Å². The molecule has 1 aliphatic heterocycles. The van der Waals surface area contributed by atoms with E-state index in [0.29, 0.717) is 18.4 Å². The number of amides is 1. The molecule has 0 aliphatic carbocycles. The average Bonchev–Trinajstić information content (AvgIpc) is 3.18. The van der Waals surface area contributed by atoms with Gasteiger partial charge in [-0.25, -0.2) is 14.1 Å². The van der Waals surface area contributed by atoms with E-state index < -0.39 is 18.2 Å². The van der Waals surface area contributed by atoms with Crippen molar-refractivity contribution in [3.8, 4) is 0 Å². The predicted molar refractivity (Wildman–Crippen MR) is 111 cm³/mol. The summed E-state index contributed by atoms with van der Waals surface area (Å²) in [5, 5.41) is 17.7. The van der Waals surface area contributed by atoms with E-state index in [2.05, 4.69) is 15.4 Å². The molecule has 2 aromatic heterocycles.